The molecular formula is C14H24Cl2O2. The summed E-state index contributed by atoms with van der Waals surface area (Å²) in [6.07, 6.45) is 9.54. The third kappa shape index (κ3) is 11.0. The van der Waals surface area contributed by atoms with Crippen LogP contribution in [0.3, 0.4) is 0 Å². The first-order chi connectivity index (χ1) is 8.57. The molecule has 0 fully saturated rings. The van der Waals surface area contributed by atoms with Crippen molar-refractivity contribution >= 4 is 33.7 Å². The fraction of sp³-hybridized carbons (Fsp3) is 0.857. The van der Waals surface area contributed by atoms with E-state index in [4.69, 9.17) is 23.2 Å². The summed E-state index contributed by atoms with van der Waals surface area (Å²) >= 11 is 10.9. The molecule has 0 amide bonds. The monoisotopic (exact) mass is 294 g/mol. The van der Waals surface area contributed by atoms with Crippen LogP contribution in [0.2, 0.25) is 0 Å². The molecule has 18 heavy (non-hydrogen) atoms. The Labute approximate surface area is 120 Å². The van der Waals surface area contributed by atoms with Crippen LogP contribution in [0, 0.1) is 5.92 Å². The van der Waals surface area contributed by atoms with Gasteiger partial charge < -0.3 is 0 Å². The smallest absolute Gasteiger partial charge is 0.224 e. The lowest BCUT2D eigenvalue weighted by molar-refractivity contribution is -0.115. The lowest BCUT2D eigenvalue weighted by atomic mass is 9.96. The molecule has 0 bridgehead atoms. The molecule has 0 aliphatic heterocycles. The second kappa shape index (κ2) is 12.0. The topological polar surface area (TPSA) is 34.1 Å². The van der Waals surface area contributed by atoms with Crippen LogP contribution in [0.5, 0.6) is 0 Å². The van der Waals surface area contributed by atoms with Gasteiger partial charge in [0.1, 0.15) is 0 Å². The van der Waals surface area contributed by atoms with Crippen molar-refractivity contribution in [2.24, 2.45) is 5.92 Å². The van der Waals surface area contributed by atoms with Crippen LogP contribution < -0.4 is 0 Å². The number of halogens is 2. The van der Waals surface area contributed by atoms with E-state index >= 15 is 0 Å². The van der Waals surface area contributed by atoms with E-state index in [1.54, 1.807) is 0 Å². The first-order valence-electron chi connectivity index (χ1n) is 6.95. The lowest BCUT2D eigenvalue weighted by Crippen LogP contribution is -2.08. The van der Waals surface area contributed by atoms with Gasteiger partial charge in [-0.2, -0.15) is 0 Å². The summed E-state index contributed by atoms with van der Waals surface area (Å²) < 4.78 is 0. The second-order valence-corrected chi connectivity index (χ2v) is 5.60. The molecular weight excluding hydrogens is 271 g/mol. The Morgan fingerprint density at radius 1 is 0.889 bits per heavy atom. The summed E-state index contributed by atoms with van der Waals surface area (Å²) in [5.41, 5.74) is 0. The summed E-state index contributed by atoms with van der Waals surface area (Å²) in [7, 11) is 0. The quantitative estimate of drug-likeness (QED) is 0.373. The summed E-state index contributed by atoms with van der Waals surface area (Å²) in [5.74, 6) is 0.0212. The van der Waals surface area contributed by atoms with Crippen molar-refractivity contribution in [1.29, 1.82) is 0 Å². The molecule has 0 aromatic heterocycles. The van der Waals surface area contributed by atoms with Crippen molar-refractivity contribution in [2.75, 3.05) is 0 Å². The molecule has 0 radical (unpaired) electrons. The molecule has 4 heteroatoms. The van der Waals surface area contributed by atoms with Crippen molar-refractivity contribution in [3.8, 4) is 0 Å². The molecule has 2 nitrogen and oxygen atoms in total. The van der Waals surface area contributed by atoms with Crippen LogP contribution in [-0.2, 0) is 9.59 Å². The van der Waals surface area contributed by atoms with Crippen LogP contribution in [0.15, 0.2) is 0 Å². The average molecular weight is 295 g/mol. The summed E-state index contributed by atoms with van der Waals surface area (Å²) in [5, 5.41) is -0.453. The number of carbonyl (C=O) groups excluding carboxylic acids is 2. The van der Waals surface area contributed by atoms with Crippen LogP contribution in [0.4, 0.5) is 0 Å². The molecule has 1 unspecified atom stereocenters. The molecule has 0 saturated carbocycles. The van der Waals surface area contributed by atoms with Gasteiger partial charge in [-0.25, -0.2) is 0 Å². The van der Waals surface area contributed by atoms with E-state index in [-0.39, 0.29) is 16.4 Å². The molecule has 0 spiro atoms. The summed E-state index contributed by atoms with van der Waals surface area (Å²) in [6, 6.07) is 0. The predicted octanol–water partition coefficient (Wildman–Crippen LogP) is 5.05. The van der Waals surface area contributed by atoms with Crippen LogP contribution >= 0.6 is 23.2 Å². The first kappa shape index (κ1) is 17.9. The van der Waals surface area contributed by atoms with Gasteiger partial charge in [0.15, 0.2) is 0 Å². The van der Waals surface area contributed by atoms with Gasteiger partial charge in [-0.1, -0.05) is 45.4 Å². The Bertz CT molecular complexity index is 242. The highest BCUT2D eigenvalue weighted by atomic mass is 35.5. The number of hydrogen-bond acceptors (Lipinski definition) is 2. The minimum atomic E-state index is -0.261. The summed E-state index contributed by atoms with van der Waals surface area (Å²) in [6.45, 7) is 2.15. The van der Waals surface area contributed by atoms with Crippen molar-refractivity contribution in [3.63, 3.8) is 0 Å². The van der Waals surface area contributed by atoms with E-state index in [0.29, 0.717) is 6.42 Å². The summed E-state index contributed by atoms with van der Waals surface area (Å²) in [4.78, 5) is 21.8. The molecule has 1 atom stereocenters. The predicted molar refractivity (Wildman–Crippen MR) is 77.1 cm³/mol. The van der Waals surface area contributed by atoms with Gasteiger partial charge in [-0.05, 0) is 42.5 Å². The van der Waals surface area contributed by atoms with Gasteiger partial charge in [0.2, 0.25) is 10.5 Å². The van der Waals surface area contributed by atoms with Crippen LogP contribution in [0.25, 0.3) is 0 Å². The molecule has 0 aliphatic carbocycles. The standard InChI is InChI=1S/C14H24Cl2O2/c1-2-3-6-9-12(14(16)18)10-7-4-5-8-11-13(15)17/h12H,2-11H2,1H3. The normalized spacial score (nSPS) is 12.4. The maximum Gasteiger partial charge on any atom is 0.224 e. The van der Waals surface area contributed by atoms with Crippen molar-refractivity contribution in [1.82, 2.24) is 0 Å². The number of carbonyl (C=O) groups is 2. The van der Waals surface area contributed by atoms with Gasteiger partial charge >= 0.3 is 0 Å². The Morgan fingerprint density at radius 2 is 1.44 bits per heavy atom. The van der Waals surface area contributed by atoms with E-state index in [0.717, 1.165) is 51.4 Å². The fourth-order valence-electron chi connectivity index (χ4n) is 2.02. The zero-order chi connectivity index (χ0) is 13.8. The van der Waals surface area contributed by atoms with Crippen LogP contribution in [-0.4, -0.2) is 10.5 Å². The van der Waals surface area contributed by atoms with Crippen LogP contribution in [0.1, 0.15) is 71.1 Å². The molecule has 0 aromatic rings. The van der Waals surface area contributed by atoms with E-state index in [2.05, 4.69) is 6.92 Å². The van der Waals surface area contributed by atoms with Gasteiger partial charge in [-0.15, -0.1) is 0 Å². The SMILES string of the molecule is CCCCCC(CCCCCCC(=O)Cl)C(=O)Cl. The third-order valence-electron chi connectivity index (χ3n) is 3.15. The highest BCUT2D eigenvalue weighted by Gasteiger charge is 2.15. The number of unbranched alkanes of at least 4 members (excludes halogenated alkanes) is 5. The number of rotatable bonds is 12. The minimum Gasteiger partial charge on any atom is -0.281 e. The van der Waals surface area contributed by atoms with Crippen molar-refractivity contribution in [3.05, 3.63) is 0 Å². The first-order valence-corrected chi connectivity index (χ1v) is 7.71. The largest absolute Gasteiger partial charge is 0.281 e. The van der Waals surface area contributed by atoms with E-state index in [1.165, 1.54) is 6.42 Å². The van der Waals surface area contributed by atoms with Crippen molar-refractivity contribution in [2.45, 2.75) is 71.1 Å². The molecule has 0 aliphatic rings. The van der Waals surface area contributed by atoms with Crippen molar-refractivity contribution < 1.29 is 9.59 Å². The van der Waals surface area contributed by atoms with Gasteiger partial charge in [0.05, 0.1) is 0 Å². The Hall–Kier alpha value is -0.0800. The van der Waals surface area contributed by atoms with Gasteiger partial charge in [0.25, 0.3) is 0 Å². The average Bonchev–Trinajstić information content (AvgIpc) is 2.30. The molecule has 0 rings (SSSR count). The highest BCUT2D eigenvalue weighted by molar-refractivity contribution is 6.64. The van der Waals surface area contributed by atoms with E-state index < -0.39 is 0 Å². The maximum absolute atomic E-state index is 11.3. The fourth-order valence-corrected chi connectivity index (χ4v) is 2.37. The lowest BCUT2D eigenvalue weighted by Gasteiger charge is -2.11. The molecule has 0 heterocycles. The maximum atomic E-state index is 11.3. The highest BCUT2D eigenvalue weighted by Crippen LogP contribution is 2.20. The Kier molecular flexibility index (Phi) is 11.9. The van der Waals surface area contributed by atoms with Gasteiger partial charge in [-0.3, -0.25) is 9.59 Å². The third-order valence-corrected chi connectivity index (χ3v) is 3.65. The zero-order valence-corrected chi connectivity index (χ0v) is 12.7. The van der Waals surface area contributed by atoms with E-state index in [1.807, 2.05) is 0 Å². The van der Waals surface area contributed by atoms with E-state index in [9.17, 15) is 9.59 Å². The molecule has 0 aromatic carbocycles. The molecule has 0 N–H and O–H groups in total. The molecule has 106 valence electrons. The Balaban J connectivity index is 3.57. The Morgan fingerprint density at radius 3 is 1.94 bits per heavy atom. The number of hydrogen-bond donors (Lipinski definition) is 0. The van der Waals surface area contributed by atoms with Gasteiger partial charge in [0, 0.05) is 12.3 Å². The minimum absolute atomic E-state index is 0.0212. The zero-order valence-electron chi connectivity index (χ0n) is 11.2. The molecule has 0 saturated heterocycles. The second-order valence-electron chi connectivity index (χ2n) is 4.80.